The van der Waals surface area contributed by atoms with Crippen molar-refractivity contribution in [3.63, 3.8) is 0 Å². The van der Waals surface area contributed by atoms with Gasteiger partial charge < -0.3 is 0 Å². The zero-order chi connectivity index (χ0) is 9.03. The van der Waals surface area contributed by atoms with Crippen LogP contribution < -0.4 is 0 Å². The number of hydrogen-bond acceptors (Lipinski definition) is 1. The first-order valence-corrected chi connectivity index (χ1v) is 10.1. The molecule has 66 valence electrons. The molecule has 0 atom stereocenters. The third kappa shape index (κ3) is 4.63. The zero-order valence-electron chi connectivity index (χ0n) is 6.14. The van der Waals surface area contributed by atoms with Crippen LogP contribution in [0.3, 0.4) is 0 Å². The second-order valence-electron chi connectivity index (χ2n) is 2.22. The first-order chi connectivity index (χ1) is 5.58. The van der Waals surface area contributed by atoms with Crippen LogP contribution >= 0.6 is 44.4 Å². The second kappa shape index (κ2) is 4.77. The average Bonchev–Trinajstić information content (AvgIpc) is 2.02. The third-order valence-electron chi connectivity index (χ3n) is 1.25. The lowest BCUT2D eigenvalue weighted by Crippen LogP contribution is -2.02. The monoisotopic (exact) mass is 256 g/mol. The van der Waals surface area contributed by atoms with Crippen LogP contribution in [0.2, 0.25) is 0 Å². The van der Waals surface area contributed by atoms with Gasteiger partial charge in [-0.1, -0.05) is 30.3 Å². The fraction of sp³-hybridized carbons (Fsp3) is 0.143. The molecule has 0 fully saturated rings. The summed E-state index contributed by atoms with van der Waals surface area (Å²) in [6.45, 7) is 0. The minimum absolute atomic E-state index is 0.781. The quantitative estimate of drug-likeness (QED) is 0.581. The Morgan fingerprint density at radius 1 is 1.08 bits per heavy atom. The summed E-state index contributed by atoms with van der Waals surface area (Å²) in [4.78, 5) is 0. The van der Waals surface area contributed by atoms with Gasteiger partial charge in [0.25, 0.3) is 0 Å². The van der Waals surface area contributed by atoms with Gasteiger partial charge in [0.05, 0.1) is 0 Å². The zero-order valence-corrected chi connectivity index (χ0v) is 10.2. The lowest BCUT2D eigenvalue weighted by molar-refractivity contribution is 1.43. The molecule has 0 amide bonds. The highest BCUT2D eigenvalue weighted by molar-refractivity contribution is 8.43. The molecule has 12 heavy (non-hydrogen) atoms. The predicted octanol–water partition coefficient (Wildman–Crippen LogP) is 4.07. The molecule has 0 aromatic heterocycles. The maximum atomic E-state index is 5.72. The van der Waals surface area contributed by atoms with E-state index in [9.17, 15) is 0 Å². The van der Waals surface area contributed by atoms with Crippen molar-refractivity contribution in [3.05, 3.63) is 35.9 Å². The van der Waals surface area contributed by atoms with Gasteiger partial charge in [-0.25, -0.2) is 0 Å². The molecule has 0 bridgehead atoms. The van der Waals surface area contributed by atoms with Gasteiger partial charge in [-0.2, -0.15) is 0 Å². The van der Waals surface area contributed by atoms with Crippen molar-refractivity contribution in [2.45, 2.75) is 5.75 Å². The normalized spacial score (nSPS) is 11.6. The van der Waals surface area contributed by atoms with Crippen LogP contribution in [0.1, 0.15) is 5.56 Å². The molecule has 0 saturated carbocycles. The average molecular weight is 258 g/mol. The molecule has 0 N–H and O–H groups in total. The van der Waals surface area contributed by atoms with Gasteiger partial charge >= 0.3 is 5.15 Å². The van der Waals surface area contributed by atoms with Crippen molar-refractivity contribution in [2.75, 3.05) is 0 Å². The molecule has 5 heteroatoms. The van der Waals surface area contributed by atoms with E-state index in [2.05, 4.69) is 0 Å². The highest BCUT2D eigenvalue weighted by atomic mass is 35.9. The summed E-state index contributed by atoms with van der Waals surface area (Å²) >= 11 is 18.6. The van der Waals surface area contributed by atoms with E-state index in [1.54, 1.807) is 0 Å². The van der Waals surface area contributed by atoms with Crippen LogP contribution in [0.25, 0.3) is 0 Å². The number of rotatable bonds is 3. The van der Waals surface area contributed by atoms with Gasteiger partial charge in [-0.3, -0.25) is 0 Å². The standard InChI is InChI=1S/C7H7Cl3SSi/c8-12(9,10)11-6-7-4-2-1-3-5-7/h1-5H,6H2. The lowest BCUT2D eigenvalue weighted by Gasteiger charge is -2.06. The fourth-order valence-electron chi connectivity index (χ4n) is 0.739. The molecule has 1 aromatic rings. The predicted molar refractivity (Wildman–Crippen MR) is 61.1 cm³/mol. The fourth-order valence-corrected chi connectivity index (χ4v) is 3.73. The van der Waals surface area contributed by atoms with E-state index in [0.29, 0.717) is 0 Å². The maximum Gasteiger partial charge on any atom is 0.405 e. The third-order valence-corrected chi connectivity index (χ3v) is 6.41. The van der Waals surface area contributed by atoms with Crippen LogP contribution in [-0.2, 0) is 5.75 Å². The van der Waals surface area contributed by atoms with Crippen LogP contribution in [-0.4, -0.2) is 5.15 Å². The number of benzene rings is 1. The summed E-state index contributed by atoms with van der Waals surface area (Å²) in [5.41, 5.74) is 1.20. The number of hydrogen-bond donors (Lipinski definition) is 0. The van der Waals surface area contributed by atoms with E-state index < -0.39 is 5.15 Å². The highest BCUT2D eigenvalue weighted by Crippen LogP contribution is 2.35. The van der Waals surface area contributed by atoms with E-state index in [0.717, 1.165) is 5.75 Å². The first kappa shape index (κ1) is 10.7. The molecule has 0 radical (unpaired) electrons. The summed E-state index contributed by atoms with van der Waals surface area (Å²) in [5, 5.41) is -2.51. The van der Waals surface area contributed by atoms with Gasteiger partial charge in [-0.05, 0) is 5.56 Å². The number of halogens is 3. The molecular weight excluding hydrogens is 251 g/mol. The molecule has 0 aliphatic carbocycles. The van der Waals surface area contributed by atoms with Gasteiger partial charge in [0.2, 0.25) is 0 Å². The first-order valence-electron chi connectivity index (χ1n) is 3.32. The summed E-state index contributed by atoms with van der Waals surface area (Å²) in [6.07, 6.45) is 0. The summed E-state index contributed by atoms with van der Waals surface area (Å²) < 4.78 is 0. The topological polar surface area (TPSA) is 0 Å². The Hall–Kier alpha value is 0.657. The molecule has 0 aliphatic heterocycles. The van der Waals surface area contributed by atoms with Crippen molar-refractivity contribution in [1.29, 1.82) is 0 Å². The maximum absolute atomic E-state index is 5.72. The van der Waals surface area contributed by atoms with Crippen molar-refractivity contribution < 1.29 is 0 Å². The van der Waals surface area contributed by atoms with Gasteiger partial charge in [-0.15, -0.1) is 44.4 Å². The molecule has 0 spiro atoms. The van der Waals surface area contributed by atoms with E-state index in [4.69, 9.17) is 33.2 Å². The van der Waals surface area contributed by atoms with Crippen LogP contribution in [0.15, 0.2) is 30.3 Å². The van der Waals surface area contributed by atoms with E-state index in [1.165, 1.54) is 16.8 Å². The minimum atomic E-state index is -2.51. The van der Waals surface area contributed by atoms with E-state index in [-0.39, 0.29) is 0 Å². The molecule has 1 aromatic carbocycles. The largest absolute Gasteiger partial charge is 0.405 e. The van der Waals surface area contributed by atoms with Crippen molar-refractivity contribution in [3.8, 4) is 0 Å². The molecule has 0 heterocycles. The molecular formula is C7H7Cl3SSi. The smallest absolute Gasteiger partial charge is 0.133 e. The van der Waals surface area contributed by atoms with Crippen molar-refractivity contribution in [1.82, 2.24) is 0 Å². The Morgan fingerprint density at radius 3 is 2.17 bits per heavy atom. The van der Waals surface area contributed by atoms with E-state index in [1.807, 2.05) is 30.3 Å². The van der Waals surface area contributed by atoms with Crippen LogP contribution in [0.5, 0.6) is 0 Å². The summed E-state index contributed by atoms with van der Waals surface area (Å²) in [6, 6.07) is 9.99. The summed E-state index contributed by atoms with van der Waals surface area (Å²) in [7, 11) is 0. The Labute approximate surface area is 91.0 Å². The Bertz CT molecular complexity index is 234. The van der Waals surface area contributed by atoms with Crippen LogP contribution in [0.4, 0.5) is 0 Å². The Balaban J connectivity index is 2.44. The minimum Gasteiger partial charge on any atom is -0.133 e. The van der Waals surface area contributed by atoms with Crippen LogP contribution in [0, 0.1) is 0 Å². The van der Waals surface area contributed by atoms with Gasteiger partial charge in [0.15, 0.2) is 0 Å². The van der Waals surface area contributed by atoms with Crippen molar-refractivity contribution in [2.24, 2.45) is 0 Å². The van der Waals surface area contributed by atoms with Gasteiger partial charge in [0.1, 0.15) is 0 Å². The molecule has 0 aliphatic rings. The molecule has 0 nitrogen and oxygen atoms in total. The lowest BCUT2D eigenvalue weighted by atomic mass is 10.2. The van der Waals surface area contributed by atoms with E-state index >= 15 is 0 Å². The Morgan fingerprint density at radius 2 is 1.67 bits per heavy atom. The SMILES string of the molecule is Cl[Si](Cl)(Cl)SCc1ccccc1. The second-order valence-corrected chi connectivity index (χ2v) is 15.3. The van der Waals surface area contributed by atoms with Gasteiger partial charge in [0, 0.05) is 5.75 Å². The van der Waals surface area contributed by atoms with Crippen molar-refractivity contribution >= 4 is 49.6 Å². The molecule has 1 rings (SSSR count). The highest BCUT2D eigenvalue weighted by Gasteiger charge is 2.25. The molecule has 0 unspecified atom stereocenters. The molecule has 0 saturated heterocycles. The Kier molecular flexibility index (Phi) is 4.27. The summed E-state index contributed by atoms with van der Waals surface area (Å²) in [5.74, 6) is 0.781.